The number of rotatable bonds is 5. The Balaban J connectivity index is 2.13. The van der Waals surface area contributed by atoms with Gasteiger partial charge in [-0.25, -0.2) is 0 Å². The Kier molecular flexibility index (Phi) is 5.12. The van der Waals surface area contributed by atoms with Gasteiger partial charge in [0.05, 0.1) is 4.88 Å². The summed E-state index contributed by atoms with van der Waals surface area (Å²) in [4.78, 5) is 1.20. The Hall–Kier alpha value is -1.26. The van der Waals surface area contributed by atoms with Crippen molar-refractivity contribution in [1.82, 2.24) is 14.9 Å². The maximum absolute atomic E-state index is 4.31. The van der Waals surface area contributed by atoms with Crippen LogP contribution in [0.5, 0.6) is 0 Å². The van der Waals surface area contributed by atoms with Crippen LogP contribution >= 0.6 is 11.5 Å². The quantitative estimate of drug-likeness (QED) is 0.895. The number of hydrogen-bond donors (Lipinski definition) is 1. The molecule has 114 valence electrons. The van der Waals surface area contributed by atoms with Crippen molar-refractivity contribution in [2.24, 2.45) is 5.92 Å². The van der Waals surface area contributed by atoms with Crippen LogP contribution in [0.2, 0.25) is 0 Å². The van der Waals surface area contributed by atoms with Gasteiger partial charge in [-0.15, -0.1) is 5.10 Å². The van der Waals surface area contributed by atoms with Gasteiger partial charge in [0.1, 0.15) is 5.69 Å². The average molecular weight is 303 g/mol. The van der Waals surface area contributed by atoms with Crippen molar-refractivity contribution >= 4 is 11.5 Å². The fourth-order valence-corrected chi connectivity index (χ4v) is 2.76. The largest absolute Gasteiger partial charge is 0.307 e. The van der Waals surface area contributed by atoms with Gasteiger partial charge in [-0.05, 0) is 50.2 Å². The summed E-state index contributed by atoms with van der Waals surface area (Å²) >= 11 is 1.48. The maximum Gasteiger partial charge on any atom is 0.110 e. The smallest absolute Gasteiger partial charge is 0.110 e. The van der Waals surface area contributed by atoms with E-state index in [-0.39, 0.29) is 5.54 Å². The van der Waals surface area contributed by atoms with Crippen molar-refractivity contribution in [3.05, 3.63) is 34.7 Å². The fourth-order valence-electron chi connectivity index (χ4n) is 2.16. The molecule has 0 aliphatic rings. The van der Waals surface area contributed by atoms with Gasteiger partial charge in [-0.3, -0.25) is 0 Å². The van der Waals surface area contributed by atoms with Crippen LogP contribution in [-0.4, -0.2) is 15.1 Å². The second-order valence-electron chi connectivity index (χ2n) is 6.94. The predicted molar refractivity (Wildman–Crippen MR) is 90.5 cm³/mol. The molecule has 3 nitrogen and oxygen atoms in total. The van der Waals surface area contributed by atoms with Crippen LogP contribution in [0.15, 0.2) is 24.3 Å². The van der Waals surface area contributed by atoms with Crippen molar-refractivity contribution in [2.45, 2.75) is 53.1 Å². The second-order valence-corrected chi connectivity index (χ2v) is 7.78. The highest BCUT2D eigenvalue weighted by atomic mass is 32.1. The van der Waals surface area contributed by atoms with Gasteiger partial charge in [0.2, 0.25) is 0 Å². The summed E-state index contributed by atoms with van der Waals surface area (Å²) in [7, 11) is 0. The number of hydrogen-bond acceptors (Lipinski definition) is 4. The average Bonchev–Trinajstić information content (AvgIpc) is 2.84. The third kappa shape index (κ3) is 4.90. The first-order valence-corrected chi connectivity index (χ1v) is 8.28. The second kappa shape index (κ2) is 6.67. The number of nitrogens with zero attached hydrogens (tertiary/aromatic N) is 2. The van der Waals surface area contributed by atoms with Gasteiger partial charge in [-0.1, -0.05) is 42.6 Å². The number of nitrogens with one attached hydrogen (secondary N) is 1. The summed E-state index contributed by atoms with van der Waals surface area (Å²) < 4.78 is 4.12. The number of aromatic nitrogens is 2. The van der Waals surface area contributed by atoms with E-state index in [1.807, 2.05) is 0 Å². The lowest BCUT2D eigenvalue weighted by atomic mass is 10.0. The van der Waals surface area contributed by atoms with Gasteiger partial charge < -0.3 is 5.32 Å². The van der Waals surface area contributed by atoms with E-state index in [2.05, 4.69) is 73.8 Å². The van der Waals surface area contributed by atoms with Crippen molar-refractivity contribution < 1.29 is 0 Å². The molecule has 2 rings (SSSR count). The first kappa shape index (κ1) is 16.1. The minimum Gasteiger partial charge on any atom is -0.307 e. The molecule has 0 bridgehead atoms. The normalized spacial score (nSPS) is 12.1. The highest BCUT2D eigenvalue weighted by Crippen LogP contribution is 2.25. The minimum atomic E-state index is 0.0996. The van der Waals surface area contributed by atoms with Crippen molar-refractivity contribution in [1.29, 1.82) is 0 Å². The molecule has 0 aliphatic carbocycles. The molecule has 0 amide bonds. The zero-order valence-electron chi connectivity index (χ0n) is 13.6. The highest BCUT2D eigenvalue weighted by Gasteiger charge is 2.14. The molecule has 0 aliphatic heterocycles. The molecule has 0 atom stereocenters. The Morgan fingerprint density at radius 2 is 1.81 bits per heavy atom. The molecule has 21 heavy (non-hydrogen) atoms. The summed E-state index contributed by atoms with van der Waals surface area (Å²) in [6.45, 7) is 11.8. The lowest BCUT2D eigenvalue weighted by molar-refractivity contribution is 0.426. The van der Waals surface area contributed by atoms with Crippen LogP contribution in [0.1, 0.15) is 45.1 Å². The molecule has 2 aromatic rings. The van der Waals surface area contributed by atoms with Crippen molar-refractivity contribution in [2.75, 3.05) is 0 Å². The third-order valence-corrected chi connectivity index (χ3v) is 3.93. The molecule has 1 N–H and O–H groups in total. The molecule has 1 aromatic carbocycles. The van der Waals surface area contributed by atoms with Crippen LogP contribution in [-0.2, 0) is 13.0 Å². The van der Waals surface area contributed by atoms with Gasteiger partial charge in [0, 0.05) is 17.6 Å². The zero-order valence-corrected chi connectivity index (χ0v) is 14.4. The molecule has 0 fully saturated rings. The SMILES string of the molecule is CC(C)Cc1ccc(-c2nnsc2CNC(C)(C)C)cc1. The lowest BCUT2D eigenvalue weighted by Gasteiger charge is -2.20. The lowest BCUT2D eigenvalue weighted by Crippen LogP contribution is -2.34. The van der Waals surface area contributed by atoms with E-state index >= 15 is 0 Å². The molecule has 1 heterocycles. The molecule has 0 spiro atoms. The standard InChI is InChI=1S/C17H25N3S/c1-12(2)10-13-6-8-14(9-7-13)16-15(21-20-19-16)11-18-17(3,4)5/h6-9,12,18H,10-11H2,1-5H3. The summed E-state index contributed by atoms with van der Waals surface area (Å²) in [5.74, 6) is 0.684. The molecule has 0 radical (unpaired) electrons. The molecular formula is C17H25N3S. The maximum atomic E-state index is 4.31. The Morgan fingerprint density at radius 1 is 1.14 bits per heavy atom. The van der Waals surface area contributed by atoms with E-state index in [1.54, 1.807) is 0 Å². The van der Waals surface area contributed by atoms with E-state index in [4.69, 9.17) is 0 Å². The monoisotopic (exact) mass is 303 g/mol. The van der Waals surface area contributed by atoms with Crippen LogP contribution in [0.25, 0.3) is 11.3 Å². The van der Waals surface area contributed by atoms with Crippen LogP contribution in [0.3, 0.4) is 0 Å². The first-order chi connectivity index (χ1) is 9.85. The molecule has 4 heteroatoms. The van der Waals surface area contributed by atoms with Crippen LogP contribution in [0, 0.1) is 5.92 Å². The van der Waals surface area contributed by atoms with E-state index in [0.29, 0.717) is 5.92 Å². The number of benzene rings is 1. The van der Waals surface area contributed by atoms with E-state index < -0.39 is 0 Å². The van der Waals surface area contributed by atoms with Gasteiger partial charge in [-0.2, -0.15) is 0 Å². The summed E-state index contributed by atoms with van der Waals surface area (Å²) in [6.07, 6.45) is 1.12. The van der Waals surface area contributed by atoms with Gasteiger partial charge in [0.25, 0.3) is 0 Å². The zero-order chi connectivity index (χ0) is 15.5. The highest BCUT2D eigenvalue weighted by molar-refractivity contribution is 7.05. The molecular weight excluding hydrogens is 278 g/mol. The molecule has 0 saturated carbocycles. The summed E-state index contributed by atoms with van der Waals surface area (Å²) in [6, 6.07) is 8.73. The van der Waals surface area contributed by atoms with E-state index in [0.717, 1.165) is 24.2 Å². The van der Waals surface area contributed by atoms with Gasteiger partial charge in [0.15, 0.2) is 0 Å². The van der Waals surface area contributed by atoms with E-state index in [9.17, 15) is 0 Å². The Labute approximate surface area is 132 Å². The van der Waals surface area contributed by atoms with Crippen molar-refractivity contribution in [3.8, 4) is 11.3 Å². The van der Waals surface area contributed by atoms with Gasteiger partial charge >= 0.3 is 0 Å². The molecule has 0 saturated heterocycles. The summed E-state index contributed by atoms with van der Waals surface area (Å²) in [5.41, 5.74) is 3.64. The van der Waals surface area contributed by atoms with Crippen LogP contribution < -0.4 is 5.32 Å². The fraction of sp³-hybridized carbons (Fsp3) is 0.529. The predicted octanol–water partition coefficient (Wildman–Crippen LogP) is 4.29. The topological polar surface area (TPSA) is 37.8 Å². The van der Waals surface area contributed by atoms with Crippen molar-refractivity contribution in [3.63, 3.8) is 0 Å². The Bertz CT molecular complexity index is 564. The third-order valence-electron chi connectivity index (χ3n) is 3.21. The molecule has 0 unspecified atom stereocenters. The van der Waals surface area contributed by atoms with E-state index in [1.165, 1.54) is 22.0 Å². The minimum absolute atomic E-state index is 0.0996. The first-order valence-electron chi connectivity index (χ1n) is 7.51. The Morgan fingerprint density at radius 3 is 2.38 bits per heavy atom. The molecule has 1 aromatic heterocycles. The summed E-state index contributed by atoms with van der Waals surface area (Å²) in [5, 5.41) is 7.81. The van der Waals surface area contributed by atoms with Crippen LogP contribution in [0.4, 0.5) is 0 Å².